The highest BCUT2D eigenvalue weighted by Crippen LogP contribution is 2.24. The molecular formula is C15H11Cl2N3O2S2. The van der Waals surface area contributed by atoms with E-state index in [1.165, 1.54) is 15.6 Å². The largest absolute Gasteiger partial charge is 0.321 e. The molecule has 124 valence electrons. The van der Waals surface area contributed by atoms with Crippen molar-refractivity contribution in [3.8, 4) is 0 Å². The maximum atomic E-state index is 12.6. The molecule has 5 nitrogen and oxygen atoms in total. The smallest absolute Gasteiger partial charge is 0.272 e. The summed E-state index contributed by atoms with van der Waals surface area (Å²) in [5, 5.41) is 5.42. The Balaban J connectivity index is 1.90. The van der Waals surface area contributed by atoms with Gasteiger partial charge < -0.3 is 5.32 Å². The number of carbonyl (C=O) groups excluding carboxylic acids is 1. The molecule has 2 aromatic rings. The maximum Gasteiger partial charge on any atom is 0.272 e. The van der Waals surface area contributed by atoms with Crippen molar-refractivity contribution in [3.63, 3.8) is 0 Å². The van der Waals surface area contributed by atoms with Crippen molar-refractivity contribution in [2.24, 2.45) is 4.40 Å². The summed E-state index contributed by atoms with van der Waals surface area (Å²) in [7, 11) is 1.54. The number of amides is 1. The first-order valence-electron chi connectivity index (χ1n) is 6.71. The van der Waals surface area contributed by atoms with Gasteiger partial charge in [-0.25, -0.2) is 4.21 Å². The maximum absolute atomic E-state index is 12.6. The average Bonchev–Trinajstić information content (AvgIpc) is 3.03. The molecule has 1 atom stereocenters. The molecule has 0 saturated heterocycles. The number of halogens is 2. The molecule has 0 radical (unpaired) electrons. The summed E-state index contributed by atoms with van der Waals surface area (Å²) in [5.41, 5.74) is 1.20. The number of benzene rings is 1. The first kappa shape index (κ1) is 17.2. The average molecular weight is 400 g/mol. The van der Waals surface area contributed by atoms with E-state index in [9.17, 15) is 9.00 Å². The number of rotatable bonds is 3. The van der Waals surface area contributed by atoms with Gasteiger partial charge in [0.05, 0.1) is 10.6 Å². The molecule has 24 heavy (non-hydrogen) atoms. The zero-order valence-corrected chi connectivity index (χ0v) is 15.5. The van der Waals surface area contributed by atoms with E-state index < -0.39 is 17.1 Å². The number of nitrogens with one attached hydrogen (secondary N) is 1. The summed E-state index contributed by atoms with van der Waals surface area (Å²) in [6.45, 7) is 0. The Morgan fingerprint density at radius 2 is 2.00 bits per heavy atom. The first-order valence-corrected chi connectivity index (χ1v) is 9.41. The van der Waals surface area contributed by atoms with E-state index in [-0.39, 0.29) is 5.70 Å². The lowest BCUT2D eigenvalue weighted by molar-refractivity contribution is -0.113. The van der Waals surface area contributed by atoms with Crippen LogP contribution < -0.4 is 5.32 Å². The van der Waals surface area contributed by atoms with Crippen LogP contribution in [0.3, 0.4) is 0 Å². The lowest BCUT2D eigenvalue weighted by Gasteiger charge is -2.22. The third-order valence-electron chi connectivity index (χ3n) is 3.15. The molecular weight excluding hydrogens is 389 g/mol. The number of hydrogen-bond donors (Lipinski definition) is 1. The van der Waals surface area contributed by atoms with Crippen molar-refractivity contribution in [2.75, 3.05) is 12.4 Å². The SMILES string of the molecule is CN1C(C(=O)Nc2cc(Cl)cc(Cl)c2)=CC(c2cccs2)=NS1=O. The number of likely N-dealkylation sites (N-methyl/N-ethyl adjacent to an activating group) is 1. The molecule has 0 fully saturated rings. The van der Waals surface area contributed by atoms with Crippen LogP contribution in [0.5, 0.6) is 0 Å². The quantitative estimate of drug-likeness (QED) is 0.850. The predicted octanol–water partition coefficient (Wildman–Crippen LogP) is 3.89. The predicted molar refractivity (Wildman–Crippen MR) is 99.9 cm³/mol. The van der Waals surface area contributed by atoms with Gasteiger partial charge in [-0.3, -0.25) is 9.10 Å². The second-order valence-electron chi connectivity index (χ2n) is 4.82. The minimum absolute atomic E-state index is 0.239. The van der Waals surface area contributed by atoms with Gasteiger partial charge in [0, 0.05) is 22.8 Å². The van der Waals surface area contributed by atoms with Crippen molar-refractivity contribution in [2.45, 2.75) is 0 Å². The minimum Gasteiger partial charge on any atom is -0.321 e. The van der Waals surface area contributed by atoms with Crippen molar-refractivity contribution in [1.29, 1.82) is 0 Å². The summed E-state index contributed by atoms with van der Waals surface area (Å²) in [6, 6.07) is 8.46. The highest BCUT2D eigenvalue weighted by atomic mass is 35.5. The monoisotopic (exact) mass is 399 g/mol. The van der Waals surface area contributed by atoms with Crippen molar-refractivity contribution < 1.29 is 9.00 Å². The molecule has 2 heterocycles. The van der Waals surface area contributed by atoms with Gasteiger partial charge in [0.15, 0.2) is 0 Å². The summed E-state index contributed by atoms with van der Waals surface area (Å²) in [4.78, 5) is 13.4. The molecule has 1 aliphatic rings. The third-order valence-corrected chi connectivity index (χ3v) is 5.50. The van der Waals surface area contributed by atoms with Crippen LogP contribution in [-0.4, -0.2) is 27.2 Å². The lowest BCUT2D eigenvalue weighted by Crippen LogP contribution is -2.32. The van der Waals surface area contributed by atoms with E-state index in [1.807, 2.05) is 17.5 Å². The Hall–Kier alpha value is -1.67. The third kappa shape index (κ3) is 3.70. The minimum atomic E-state index is -1.67. The summed E-state index contributed by atoms with van der Waals surface area (Å²) in [5.74, 6) is -0.423. The van der Waals surface area contributed by atoms with Gasteiger partial charge in [0.1, 0.15) is 5.70 Å². The van der Waals surface area contributed by atoms with Crippen LogP contribution in [0.25, 0.3) is 0 Å². The topological polar surface area (TPSA) is 61.8 Å². The van der Waals surface area contributed by atoms with Crippen molar-refractivity contribution in [1.82, 2.24) is 4.31 Å². The fourth-order valence-corrected chi connectivity index (χ4v) is 4.06. The van der Waals surface area contributed by atoms with Crippen molar-refractivity contribution >= 4 is 63.0 Å². The number of allylic oxidation sites excluding steroid dienone is 1. The van der Waals surface area contributed by atoms with Crippen LogP contribution in [-0.2, 0) is 16.0 Å². The van der Waals surface area contributed by atoms with Crippen LogP contribution >= 0.6 is 34.5 Å². The Morgan fingerprint density at radius 1 is 1.29 bits per heavy atom. The normalized spacial score (nSPS) is 17.3. The number of thiophene rings is 1. The Bertz CT molecular complexity index is 859. The molecule has 3 rings (SSSR count). The molecule has 0 aliphatic carbocycles. The zero-order chi connectivity index (χ0) is 17.3. The highest BCUT2D eigenvalue weighted by molar-refractivity contribution is 7.81. The van der Waals surface area contributed by atoms with Crippen LogP contribution in [0.1, 0.15) is 4.88 Å². The fourth-order valence-electron chi connectivity index (χ4n) is 2.05. The molecule has 1 aliphatic heterocycles. The van der Waals surface area contributed by atoms with Gasteiger partial charge in [-0.2, -0.15) is 4.40 Å². The number of nitrogens with zero attached hydrogens (tertiary/aromatic N) is 2. The number of hydrogen-bond acceptors (Lipinski definition) is 3. The van der Waals surface area contributed by atoms with E-state index >= 15 is 0 Å². The fraction of sp³-hybridized carbons (Fsp3) is 0.0667. The molecule has 1 aromatic heterocycles. The molecule has 1 N–H and O–H groups in total. The molecule has 0 bridgehead atoms. The lowest BCUT2D eigenvalue weighted by atomic mass is 10.2. The second kappa shape index (κ2) is 7.06. The molecule has 1 aromatic carbocycles. The summed E-state index contributed by atoms with van der Waals surface area (Å²) >= 11 is 11.7. The van der Waals surface area contributed by atoms with E-state index in [1.54, 1.807) is 31.3 Å². The van der Waals surface area contributed by atoms with E-state index in [4.69, 9.17) is 23.2 Å². The molecule has 0 saturated carbocycles. The standard InChI is InChI=1S/C15H11Cl2N3O2S2/c1-20-13(8-12(19-24(20)22)14-3-2-4-23-14)15(21)18-11-6-9(16)5-10(17)7-11/h2-8H,1H3,(H,18,21). The highest BCUT2D eigenvalue weighted by Gasteiger charge is 2.25. The Morgan fingerprint density at radius 3 is 2.62 bits per heavy atom. The van der Waals surface area contributed by atoms with Crippen LogP contribution in [0.15, 0.2) is 51.9 Å². The van der Waals surface area contributed by atoms with Gasteiger partial charge in [-0.05, 0) is 35.7 Å². The van der Waals surface area contributed by atoms with Gasteiger partial charge >= 0.3 is 0 Å². The Kier molecular flexibility index (Phi) is 5.05. The molecule has 1 unspecified atom stereocenters. The van der Waals surface area contributed by atoms with Gasteiger partial charge in [0.25, 0.3) is 5.91 Å². The Labute approximate surface area is 155 Å². The van der Waals surface area contributed by atoms with E-state index in [0.717, 1.165) is 4.88 Å². The number of carbonyl (C=O) groups is 1. The van der Waals surface area contributed by atoms with E-state index in [0.29, 0.717) is 21.4 Å². The van der Waals surface area contributed by atoms with Gasteiger partial charge in [0.2, 0.25) is 11.2 Å². The summed E-state index contributed by atoms with van der Waals surface area (Å²) in [6.07, 6.45) is 1.61. The van der Waals surface area contributed by atoms with Gasteiger partial charge in [-0.15, -0.1) is 11.3 Å². The number of anilines is 1. The van der Waals surface area contributed by atoms with Crippen LogP contribution in [0.4, 0.5) is 5.69 Å². The molecule has 1 amide bonds. The van der Waals surface area contributed by atoms with E-state index in [2.05, 4.69) is 9.71 Å². The van der Waals surface area contributed by atoms with Gasteiger partial charge in [-0.1, -0.05) is 29.3 Å². The molecule has 9 heteroatoms. The zero-order valence-electron chi connectivity index (χ0n) is 12.3. The molecule has 0 spiro atoms. The first-order chi connectivity index (χ1) is 11.4. The van der Waals surface area contributed by atoms with Crippen LogP contribution in [0.2, 0.25) is 10.0 Å². The van der Waals surface area contributed by atoms with Crippen LogP contribution in [0, 0.1) is 0 Å². The summed E-state index contributed by atoms with van der Waals surface area (Å²) < 4.78 is 17.6. The second-order valence-corrected chi connectivity index (χ2v) is 7.84. The van der Waals surface area contributed by atoms with Crippen molar-refractivity contribution in [3.05, 3.63) is 62.4 Å².